The average molecular weight is 332 g/mol. The molecule has 0 aliphatic carbocycles. The highest BCUT2D eigenvalue weighted by Crippen LogP contribution is 2.38. The van der Waals surface area contributed by atoms with Gasteiger partial charge in [0.1, 0.15) is 16.6 Å². The summed E-state index contributed by atoms with van der Waals surface area (Å²) in [6.45, 7) is 0. The van der Waals surface area contributed by atoms with Gasteiger partial charge in [0, 0.05) is 5.56 Å². The van der Waals surface area contributed by atoms with Gasteiger partial charge in [0.25, 0.3) is 11.8 Å². The van der Waals surface area contributed by atoms with Gasteiger partial charge in [-0.15, -0.1) is 0 Å². The van der Waals surface area contributed by atoms with Gasteiger partial charge >= 0.3 is 0 Å². The number of nitrogens with zero attached hydrogens (tertiary/aromatic N) is 1. The van der Waals surface area contributed by atoms with Gasteiger partial charge in [-0.25, -0.2) is 9.29 Å². The topological polar surface area (TPSA) is 46.6 Å². The fourth-order valence-electron chi connectivity index (χ4n) is 2.44. The summed E-state index contributed by atoms with van der Waals surface area (Å²) in [5.41, 5.74) is 0.582. The smallest absolute Gasteiger partial charge is 0.277 e. The number of rotatable bonds is 3. The third kappa shape index (κ3) is 2.49. The molecule has 0 saturated heterocycles. The van der Waals surface area contributed by atoms with E-state index in [1.54, 1.807) is 24.3 Å². The van der Waals surface area contributed by atoms with Crippen molar-refractivity contribution >= 4 is 34.7 Å². The Kier molecular flexibility index (Phi) is 3.88. The van der Waals surface area contributed by atoms with E-state index in [1.807, 2.05) is 0 Å². The number of imide groups is 1. The molecule has 0 atom stereocenters. The van der Waals surface area contributed by atoms with Crippen LogP contribution in [0.1, 0.15) is 5.56 Å². The highest BCUT2D eigenvalue weighted by molar-refractivity contribution is 6.60. The summed E-state index contributed by atoms with van der Waals surface area (Å²) in [6.07, 6.45) is 0. The molecule has 0 radical (unpaired) electrons. The molecule has 116 valence electrons. The normalized spacial score (nSPS) is 14.7. The van der Waals surface area contributed by atoms with E-state index in [4.69, 9.17) is 16.3 Å². The number of halogens is 2. The molecule has 1 aliphatic rings. The number of carbonyl (C=O) groups is 2. The fraction of sp³-hybridized carbons (Fsp3) is 0.0588. The van der Waals surface area contributed by atoms with Crippen molar-refractivity contribution in [2.24, 2.45) is 0 Å². The second-order valence-electron chi connectivity index (χ2n) is 4.81. The third-order valence-electron chi connectivity index (χ3n) is 3.47. The Balaban J connectivity index is 2.10. The Morgan fingerprint density at radius 3 is 2.48 bits per heavy atom. The van der Waals surface area contributed by atoms with Crippen molar-refractivity contribution in [3.8, 4) is 5.75 Å². The fourth-order valence-corrected chi connectivity index (χ4v) is 2.70. The van der Waals surface area contributed by atoms with Crippen LogP contribution in [0.5, 0.6) is 5.75 Å². The Bertz CT molecular complexity index is 847. The van der Waals surface area contributed by atoms with Crippen molar-refractivity contribution < 1.29 is 18.7 Å². The van der Waals surface area contributed by atoms with E-state index in [1.165, 1.54) is 25.3 Å². The second kappa shape index (κ2) is 5.85. The highest BCUT2D eigenvalue weighted by Gasteiger charge is 2.40. The minimum Gasteiger partial charge on any atom is -0.496 e. The lowest BCUT2D eigenvalue weighted by Gasteiger charge is -2.15. The Morgan fingerprint density at radius 2 is 1.78 bits per heavy atom. The van der Waals surface area contributed by atoms with Gasteiger partial charge in [0.2, 0.25) is 0 Å². The first-order chi connectivity index (χ1) is 11.0. The monoisotopic (exact) mass is 331 g/mol. The van der Waals surface area contributed by atoms with Crippen LogP contribution in [0.2, 0.25) is 0 Å². The van der Waals surface area contributed by atoms with E-state index < -0.39 is 17.6 Å². The zero-order valence-corrected chi connectivity index (χ0v) is 12.8. The summed E-state index contributed by atoms with van der Waals surface area (Å²) in [5.74, 6) is -1.44. The van der Waals surface area contributed by atoms with E-state index in [0.717, 1.165) is 11.0 Å². The zero-order chi connectivity index (χ0) is 16.6. The van der Waals surface area contributed by atoms with Gasteiger partial charge in [-0.2, -0.15) is 0 Å². The Hall–Kier alpha value is -2.66. The van der Waals surface area contributed by atoms with Crippen LogP contribution < -0.4 is 9.64 Å². The van der Waals surface area contributed by atoms with Gasteiger partial charge in [0.15, 0.2) is 0 Å². The van der Waals surface area contributed by atoms with Crippen LogP contribution in [0.25, 0.3) is 5.57 Å². The van der Waals surface area contributed by atoms with Gasteiger partial charge in [-0.1, -0.05) is 35.9 Å². The number of benzene rings is 2. The first-order valence-corrected chi connectivity index (χ1v) is 7.10. The minimum absolute atomic E-state index is 0.0402. The van der Waals surface area contributed by atoms with Gasteiger partial charge in [0.05, 0.1) is 18.4 Å². The molecular weight excluding hydrogens is 321 g/mol. The van der Waals surface area contributed by atoms with Crippen LogP contribution >= 0.6 is 11.6 Å². The van der Waals surface area contributed by atoms with Crippen LogP contribution in [0, 0.1) is 5.82 Å². The molecule has 0 bridgehead atoms. The van der Waals surface area contributed by atoms with E-state index in [9.17, 15) is 14.0 Å². The molecule has 0 unspecified atom stereocenters. The molecule has 2 amide bonds. The van der Waals surface area contributed by atoms with E-state index in [2.05, 4.69) is 0 Å². The molecule has 0 spiro atoms. The molecule has 0 N–H and O–H groups in total. The van der Waals surface area contributed by atoms with E-state index in [-0.39, 0.29) is 16.3 Å². The number of hydrogen-bond donors (Lipinski definition) is 0. The molecule has 0 fully saturated rings. The first-order valence-electron chi connectivity index (χ1n) is 6.72. The second-order valence-corrected chi connectivity index (χ2v) is 5.19. The van der Waals surface area contributed by atoms with Crippen molar-refractivity contribution in [1.82, 2.24) is 0 Å². The summed E-state index contributed by atoms with van der Waals surface area (Å²) >= 11 is 6.09. The van der Waals surface area contributed by atoms with Crippen LogP contribution in [-0.4, -0.2) is 18.9 Å². The molecule has 3 rings (SSSR count). The maximum absolute atomic E-state index is 13.4. The lowest BCUT2D eigenvalue weighted by Crippen LogP contribution is -2.31. The number of amides is 2. The highest BCUT2D eigenvalue weighted by atomic mass is 35.5. The number of carbonyl (C=O) groups excluding carboxylic acids is 2. The van der Waals surface area contributed by atoms with Crippen LogP contribution in [0.15, 0.2) is 53.6 Å². The van der Waals surface area contributed by atoms with E-state index in [0.29, 0.717) is 11.3 Å². The molecule has 6 heteroatoms. The van der Waals surface area contributed by atoms with Crippen molar-refractivity contribution in [2.75, 3.05) is 12.0 Å². The average Bonchev–Trinajstić information content (AvgIpc) is 2.77. The molecule has 1 heterocycles. The van der Waals surface area contributed by atoms with Gasteiger partial charge in [-0.3, -0.25) is 9.59 Å². The molecule has 0 aromatic heterocycles. The number of para-hydroxylation sites is 1. The lowest BCUT2D eigenvalue weighted by molar-refractivity contribution is -0.119. The van der Waals surface area contributed by atoms with Crippen molar-refractivity contribution in [2.45, 2.75) is 0 Å². The molecule has 2 aromatic rings. The summed E-state index contributed by atoms with van der Waals surface area (Å²) in [7, 11) is 1.46. The van der Waals surface area contributed by atoms with Gasteiger partial charge < -0.3 is 4.74 Å². The number of methoxy groups -OCH3 is 1. The zero-order valence-electron chi connectivity index (χ0n) is 12.0. The first kappa shape index (κ1) is 15.2. The predicted molar refractivity (Wildman–Crippen MR) is 84.7 cm³/mol. The van der Waals surface area contributed by atoms with Gasteiger partial charge in [-0.05, 0) is 24.3 Å². The quantitative estimate of drug-likeness (QED) is 0.810. The van der Waals surface area contributed by atoms with Crippen molar-refractivity contribution in [1.29, 1.82) is 0 Å². The van der Waals surface area contributed by atoms with Crippen LogP contribution in [0.4, 0.5) is 10.1 Å². The SMILES string of the molecule is COc1ccccc1C1=C(Cl)C(=O)N(c2cccc(F)c2)C1=O. The third-order valence-corrected chi connectivity index (χ3v) is 3.82. The van der Waals surface area contributed by atoms with Crippen LogP contribution in [0.3, 0.4) is 0 Å². The van der Waals surface area contributed by atoms with E-state index >= 15 is 0 Å². The maximum Gasteiger partial charge on any atom is 0.277 e. The summed E-state index contributed by atoms with van der Waals surface area (Å²) in [4.78, 5) is 25.9. The number of ether oxygens (including phenoxy) is 1. The molecule has 1 aliphatic heterocycles. The van der Waals surface area contributed by atoms with Crippen molar-refractivity contribution in [3.05, 3.63) is 64.9 Å². The summed E-state index contributed by atoms with van der Waals surface area (Å²) < 4.78 is 18.6. The van der Waals surface area contributed by atoms with Crippen LogP contribution in [-0.2, 0) is 9.59 Å². The number of hydrogen-bond acceptors (Lipinski definition) is 3. The summed E-state index contributed by atoms with van der Waals surface area (Å²) in [6, 6.07) is 12.0. The maximum atomic E-state index is 13.4. The standard InChI is InChI=1S/C17H11ClFNO3/c1-23-13-8-3-2-7-12(13)14-15(18)17(22)20(16(14)21)11-6-4-5-10(19)9-11/h2-9H,1H3. The molecule has 2 aromatic carbocycles. The minimum atomic E-state index is -0.692. The number of anilines is 1. The molecule has 23 heavy (non-hydrogen) atoms. The molecule has 4 nitrogen and oxygen atoms in total. The lowest BCUT2D eigenvalue weighted by atomic mass is 10.1. The largest absolute Gasteiger partial charge is 0.496 e. The Labute approximate surface area is 136 Å². The molecule has 0 saturated carbocycles. The van der Waals surface area contributed by atoms with Crippen molar-refractivity contribution in [3.63, 3.8) is 0 Å². The molecular formula is C17H11ClFNO3. The Morgan fingerprint density at radius 1 is 1.04 bits per heavy atom. The summed E-state index contributed by atoms with van der Waals surface area (Å²) in [5, 5.41) is -0.219. The predicted octanol–water partition coefficient (Wildman–Crippen LogP) is 3.36.